The van der Waals surface area contributed by atoms with E-state index in [-0.39, 0.29) is 6.04 Å². The highest BCUT2D eigenvalue weighted by molar-refractivity contribution is 9.10. The van der Waals surface area contributed by atoms with Crippen molar-refractivity contribution in [3.05, 3.63) is 64.1 Å². The fraction of sp³-hybridized carbons (Fsp3) is 0.333. The summed E-state index contributed by atoms with van der Waals surface area (Å²) >= 11 is 3.46. The largest absolute Gasteiger partial charge is 0.368 e. The first kappa shape index (κ1) is 14.6. The van der Waals surface area contributed by atoms with Gasteiger partial charge in [-0.2, -0.15) is 0 Å². The van der Waals surface area contributed by atoms with Crippen molar-refractivity contribution in [2.45, 2.75) is 31.8 Å². The standard InChI is InChI=1S/C18H21BrN2/c1-13-12-15-4-2-3-5-18(15)21(13)11-10-17(20)14-6-8-16(19)9-7-14/h2-9,13,17H,10-12,20H2,1H3. The fourth-order valence-corrected chi connectivity index (χ4v) is 3.39. The number of anilines is 1. The third-order valence-electron chi connectivity index (χ3n) is 4.33. The first-order valence-corrected chi connectivity index (χ1v) is 8.30. The van der Waals surface area contributed by atoms with Crippen LogP contribution in [0, 0.1) is 0 Å². The summed E-state index contributed by atoms with van der Waals surface area (Å²) in [4.78, 5) is 2.49. The maximum absolute atomic E-state index is 6.35. The lowest BCUT2D eigenvalue weighted by Gasteiger charge is -2.26. The predicted octanol–water partition coefficient (Wildman–Crippen LogP) is 4.29. The molecular weight excluding hydrogens is 324 g/mol. The smallest absolute Gasteiger partial charge is 0.0402 e. The Morgan fingerprint density at radius 3 is 2.67 bits per heavy atom. The van der Waals surface area contributed by atoms with Gasteiger partial charge in [0.25, 0.3) is 0 Å². The quantitative estimate of drug-likeness (QED) is 0.896. The molecular formula is C18H21BrN2. The SMILES string of the molecule is CC1Cc2ccccc2N1CCC(N)c1ccc(Br)cc1. The highest BCUT2D eigenvalue weighted by Crippen LogP contribution is 2.32. The van der Waals surface area contributed by atoms with Crippen LogP contribution in [0.4, 0.5) is 5.69 Å². The molecule has 21 heavy (non-hydrogen) atoms. The summed E-state index contributed by atoms with van der Waals surface area (Å²) in [6.45, 7) is 3.31. The topological polar surface area (TPSA) is 29.3 Å². The predicted molar refractivity (Wildman–Crippen MR) is 92.6 cm³/mol. The number of rotatable bonds is 4. The van der Waals surface area contributed by atoms with Crippen molar-refractivity contribution in [1.29, 1.82) is 0 Å². The summed E-state index contributed by atoms with van der Waals surface area (Å²) in [5.41, 5.74) is 10.4. The average molecular weight is 345 g/mol. The lowest BCUT2D eigenvalue weighted by atomic mass is 10.0. The number of hydrogen-bond donors (Lipinski definition) is 1. The van der Waals surface area contributed by atoms with Gasteiger partial charge in [-0.25, -0.2) is 0 Å². The highest BCUT2D eigenvalue weighted by atomic mass is 79.9. The van der Waals surface area contributed by atoms with E-state index in [9.17, 15) is 0 Å². The first-order chi connectivity index (χ1) is 10.1. The molecule has 2 aromatic rings. The summed E-state index contributed by atoms with van der Waals surface area (Å²) in [5.74, 6) is 0. The van der Waals surface area contributed by atoms with Crippen molar-refractivity contribution >= 4 is 21.6 Å². The van der Waals surface area contributed by atoms with Crippen molar-refractivity contribution in [2.75, 3.05) is 11.4 Å². The molecule has 0 amide bonds. The van der Waals surface area contributed by atoms with E-state index in [1.165, 1.54) is 16.8 Å². The van der Waals surface area contributed by atoms with Crippen molar-refractivity contribution in [1.82, 2.24) is 0 Å². The number of fused-ring (bicyclic) bond motifs is 1. The zero-order chi connectivity index (χ0) is 14.8. The number of halogens is 1. The van der Waals surface area contributed by atoms with Gasteiger partial charge in [-0.05, 0) is 49.1 Å². The van der Waals surface area contributed by atoms with Crippen LogP contribution < -0.4 is 10.6 Å². The average Bonchev–Trinajstić information content (AvgIpc) is 2.81. The van der Waals surface area contributed by atoms with E-state index < -0.39 is 0 Å². The Morgan fingerprint density at radius 2 is 1.90 bits per heavy atom. The monoisotopic (exact) mass is 344 g/mol. The lowest BCUT2D eigenvalue weighted by molar-refractivity contribution is 0.592. The number of para-hydroxylation sites is 1. The molecule has 1 aliphatic heterocycles. The van der Waals surface area contributed by atoms with E-state index in [2.05, 4.69) is 76.3 Å². The molecule has 3 heteroatoms. The van der Waals surface area contributed by atoms with E-state index in [4.69, 9.17) is 5.73 Å². The van der Waals surface area contributed by atoms with Gasteiger partial charge in [-0.15, -0.1) is 0 Å². The van der Waals surface area contributed by atoms with Crippen LogP contribution >= 0.6 is 15.9 Å². The Morgan fingerprint density at radius 1 is 1.19 bits per heavy atom. The fourth-order valence-electron chi connectivity index (χ4n) is 3.13. The minimum absolute atomic E-state index is 0.0954. The van der Waals surface area contributed by atoms with Gasteiger partial charge in [0.15, 0.2) is 0 Å². The molecule has 0 bridgehead atoms. The summed E-state index contributed by atoms with van der Waals surface area (Å²) in [6.07, 6.45) is 2.12. The second-order valence-electron chi connectivity index (χ2n) is 5.82. The summed E-state index contributed by atoms with van der Waals surface area (Å²) in [7, 11) is 0. The Labute approximate surface area is 135 Å². The highest BCUT2D eigenvalue weighted by Gasteiger charge is 2.25. The van der Waals surface area contributed by atoms with Crippen molar-refractivity contribution in [3.8, 4) is 0 Å². The van der Waals surface area contributed by atoms with Crippen molar-refractivity contribution in [2.24, 2.45) is 5.73 Å². The minimum atomic E-state index is 0.0954. The van der Waals surface area contributed by atoms with E-state index in [0.29, 0.717) is 6.04 Å². The number of hydrogen-bond acceptors (Lipinski definition) is 2. The number of nitrogens with two attached hydrogens (primary N) is 1. The minimum Gasteiger partial charge on any atom is -0.368 e. The third kappa shape index (κ3) is 3.14. The van der Waals surface area contributed by atoms with Crippen LogP contribution in [0.2, 0.25) is 0 Å². The normalized spacial score (nSPS) is 18.6. The zero-order valence-corrected chi connectivity index (χ0v) is 13.9. The zero-order valence-electron chi connectivity index (χ0n) is 12.3. The molecule has 1 heterocycles. The number of nitrogens with zero attached hydrogens (tertiary/aromatic N) is 1. The van der Waals surface area contributed by atoms with Crippen LogP contribution in [-0.4, -0.2) is 12.6 Å². The molecule has 0 saturated carbocycles. The van der Waals surface area contributed by atoms with Crippen LogP contribution in [0.1, 0.15) is 30.5 Å². The Bertz CT molecular complexity index is 609. The maximum Gasteiger partial charge on any atom is 0.0402 e. The lowest BCUT2D eigenvalue weighted by Crippen LogP contribution is -2.32. The van der Waals surface area contributed by atoms with Gasteiger partial charge >= 0.3 is 0 Å². The molecule has 2 nitrogen and oxygen atoms in total. The second-order valence-corrected chi connectivity index (χ2v) is 6.74. The van der Waals surface area contributed by atoms with Crippen LogP contribution in [0.15, 0.2) is 53.0 Å². The molecule has 0 saturated heterocycles. The van der Waals surface area contributed by atoms with E-state index in [1.807, 2.05) is 0 Å². The first-order valence-electron chi connectivity index (χ1n) is 7.51. The Balaban J connectivity index is 1.66. The van der Waals surface area contributed by atoms with Crippen molar-refractivity contribution in [3.63, 3.8) is 0 Å². The molecule has 0 radical (unpaired) electrons. The van der Waals surface area contributed by atoms with Crippen LogP contribution in [0.3, 0.4) is 0 Å². The van der Waals surface area contributed by atoms with Gasteiger partial charge in [-0.1, -0.05) is 46.3 Å². The van der Waals surface area contributed by atoms with Crippen LogP contribution in [0.25, 0.3) is 0 Å². The van der Waals surface area contributed by atoms with Crippen LogP contribution in [0.5, 0.6) is 0 Å². The molecule has 1 aliphatic rings. The molecule has 0 spiro atoms. The Hall–Kier alpha value is -1.32. The van der Waals surface area contributed by atoms with Crippen molar-refractivity contribution < 1.29 is 0 Å². The molecule has 3 rings (SSSR count). The van der Waals surface area contributed by atoms with Gasteiger partial charge in [0.1, 0.15) is 0 Å². The molecule has 2 aromatic carbocycles. The molecule has 110 valence electrons. The summed E-state index contributed by atoms with van der Waals surface area (Å²) in [5, 5.41) is 0. The van der Waals surface area contributed by atoms with Crippen LogP contribution in [-0.2, 0) is 6.42 Å². The van der Waals surface area contributed by atoms with E-state index in [1.54, 1.807) is 0 Å². The molecule has 2 atom stereocenters. The van der Waals surface area contributed by atoms with E-state index in [0.717, 1.165) is 23.9 Å². The van der Waals surface area contributed by atoms with Gasteiger partial charge < -0.3 is 10.6 Å². The maximum atomic E-state index is 6.35. The summed E-state index contributed by atoms with van der Waals surface area (Å²) in [6, 6.07) is 17.7. The second kappa shape index (κ2) is 6.20. The molecule has 0 aromatic heterocycles. The molecule has 2 unspecified atom stereocenters. The van der Waals surface area contributed by atoms with Gasteiger partial charge in [-0.3, -0.25) is 0 Å². The molecule has 0 fully saturated rings. The molecule has 0 aliphatic carbocycles. The van der Waals surface area contributed by atoms with E-state index >= 15 is 0 Å². The van der Waals surface area contributed by atoms with Gasteiger partial charge in [0, 0.05) is 28.8 Å². The molecule has 2 N–H and O–H groups in total. The third-order valence-corrected chi connectivity index (χ3v) is 4.86. The summed E-state index contributed by atoms with van der Waals surface area (Å²) < 4.78 is 1.10. The van der Waals surface area contributed by atoms with Gasteiger partial charge in [0.2, 0.25) is 0 Å². The van der Waals surface area contributed by atoms with Gasteiger partial charge in [0.05, 0.1) is 0 Å². The number of benzene rings is 2. The Kier molecular flexibility index (Phi) is 4.32.